The summed E-state index contributed by atoms with van der Waals surface area (Å²) in [6.45, 7) is 6.10. The zero-order chi connectivity index (χ0) is 16.4. The van der Waals surface area contributed by atoms with Gasteiger partial charge in [0.2, 0.25) is 5.91 Å². The zero-order valence-corrected chi connectivity index (χ0v) is 13.6. The fourth-order valence-electron chi connectivity index (χ4n) is 2.94. The molecule has 0 bridgehead atoms. The second kappa shape index (κ2) is 6.24. The molecule has 118 valence electrons. The van der Waals surface area contributed by atoms with Gasteiger partial charge in [-0.1, -0.05) is 36.3 Å². The third-order valence-electron chi connectivity index (χ3n) is 3.99. The van der Waals surface area contributed by atoms with E-state index in [9.17, 15) is 4.79 Å². The van der Waals surface area contributed by atoms with Crippen LogP contribution in [0.4, 0.5) is 5.69 Å². The fraction of sp³-hybridized carbons (Fsp3) is 0.263. The van der Waals surface area contributed by atoms with E-state index in [1.54, 1.807) is 0 Å². The van der Waals surface area contributed by atoms with Crippen LogP contribution in [0.25, 0.3) is 11.0 Å². The number of benzene rings is 2. The lowest BCUT2D eigenvalue weighted by Gasteiger charge is -2.09. The van der Waals surface area contributed by atoms with Crippen molar-refractivity contribution in [2.24, 2.45) is 0 Å². The molecule has 1 N–H and O–H groups in total. The van der Waals surface area contributed by atoms with E-state index in [1.807, 2.05) is 44.2 Å². The molecule has 0 unspecified atom stereocenters. The Morgan fingerprint density at radius 1 is 1.22 bits per heavy atom. The maximum Gasteiger partial charge on any atom is 0.230 e. The topological polar surface area (TPSA) is 55.1 Å². The van der Waals surface area contributed by atoms with Crippen LogP contribution in [0.3, 0.4) is 0 Å². The normalized spacial score (nSPS) is 10.9. The van der Waals surface area contributed by atoms with Crippen molar-refractivity contribution in [1.82, 2.24) is 5.16 Å². The number of nitrogens with one attached hydrogen (secondary N) is 1. The minimum absolute atomic E-state index is 0.0823. The minimum atomic E-state index is -0.0823. The lowest BCUT2D eigenvalue weighted by atomic mass is 10.0. The molecule has 1 heterocycles. The second-order valence-corrected chi connectivity index (χ2v) is 5.82. The Bertz CT molecular complexity index is 865. The maximum absolute atomic E-state index is 12.4. The SMILES string of the molecule is CCc1ccccc1NC(=O)Cc1noc2cc(C)cc(C)c12. The van der Waals surface area contributed by atoms with Crippen molar-refractivity contribution < 1.29 is 9.32 Å². The van der Waals surface area contributed by atoms with Gasteiger partial charge < -0.3 is 9.84 Å². The van der Waals surface area contributed by atoms with E-state index < -0.39 is 0 Å². The lowest BCUT2D eigenvalue weighted by Crippen LogP contribution is -2.16. The number of aromatic nitrogens is 1. The summed E-state index contributed by atoms with van der Waals surface area (Å²) in [7, 11) is 0. The Hall–Kier alpha value is -2.62. The predicted molar refractivity (Wildman–Crippen MR) is 91.6 cm³/mol. The highest BCUT2D eigenvalue weighted by molar-refractivity contribution is 5.95. The molecule has 23 heavy (non-hydrogen) atoms. The highest BCUT2D eigenvalue weighted by atomic mass is 16.5. The van der Waals surface area contributed by atoms with E-state index in [1.165, 1.54) is 0 Å². The number of fused-ring (bicyclic) bond motifs is 1. The first-order valence-corrected chi connectivity index (χ1v) is 7.81. The van der Waals surface area contributed by atoms with Crippen LogP contribution in [0.5, 0.6) is 0 Å². The molecule has 0 aliphatic carbocycles. The van der Waals surface area contributed by atoms with E-state index in [2.05, 4.69) is 23.5 Å². The third-order valence-corrected chi connectivity index (χ3v) is 3.99. The monoisotopic (exact) mass is 308 g/mol. The molecule has 0 saturated heterocycles. The van der Waals surface area contributed by atoms with Gasteiger partial charge in [-0.25, -0.2) is 0 Å². The fourth-order valence-corrected chi connectivity index (χ4v) is 2.94. The standard InChI is InChI=1S/C19H20N2O2/c1-4-14-7-5-6-8-15(14)20-18(22)11-16-19-13(3)9-12(2)10-17(19)23-21-16/h5-10H,4,11H2,1-3H3,(H,20,22). The first-order valence-electron chi connectivity index (χ1n) is 7.81. The van der Waals surface area contributed by atoms with Crippen molar-refractivity contribution >= 4 is 22.6 Å². The van der Waals surface area contributed by atoms with Gasteiger partial charge in [-0.15, -0.1) is 0 Å². The van der Waals surface area contributed by atoms with Crippen LogP contribution in [0, 0.1) is 13.8 Å². The molecule has 1 aromatic heterocycles. The number of hydrogen-bond acceptors (Lipinski definition) is 3. The summed E-state index contributed by atoms with van der Waals surface area (Å²) >= 11 is 0. The van der Waals surface area contributed by atoms with Crippen LogP contribution in [-0.2, 0) is 17.6 Å². The predicted octanol–water partition coefficient (Wildman–Crippen LogP) is 4.19. The van der Waals surface area contributed by atoms with Gasteiger partial charge in [0.05, 0.1) is 6.42 Å². The number of amides is 1. The van der Waals surface area contributed by atoms with Gasteiger partial charge in [-0.2, -0.15) is 0 Å². The van der Waals surface area contributed by atoms with Crippen LogP contribution in [0.2, 0.25) is 0 Å². The van der Waals surface area contributed by atoms with E-state index in [4.69, 9.17) is 4.52 Å². The Morgan fingerprint density at radius 2 is 2.00 bits per heavy atom. The molecule has 0 saturated carbocycles. The molecular weight excluding hydrogens is 288 g/mol. The maximum atomic E-state index is 12.4. The molecule has 2 aromatic carbocycles. The number of anilines is 1. The summed E-state index contributed by atoms with van der Waals surface area (Å²) in [6.07, 6.45) is 1.08. The average Bonchev–Trinajstić information content (AvgIpc) is 2.90. The number of aryl methyl sites for hydroxylation is 3. The van der Waals surface area contributed by atoms with Crippen molar-refractivity contribution in [2.75, 3.05) is 5.32 Å². The number of para-hydroxylation sites is 1. The molecule has 0 radical (unpaired) electrons. The molecule has 0 aliphatic heterocycles. The van der Waals surface area contributed by atoms with E-state index in [-0.39, 0.29) is 12.3 Å². The summed E-state index contributed by atoms with van der Waals surface area (Å²) in [5.41, 5.74) is 5.61. The van der Waals surface area contributed by atoms with Gasteiger partial charge >= 0.3 is 0 Å². The summed E-state index contributed by atoms with van der Waals surface area (Å²) in [4.78, 5) is 12.4. The molecule has 3 aromatic rings. The number of carbonyl (C=O) groups is 1. The van der Waals surface area contributed by atoms with Gasteiger partial charge in [-0.3, -0.25) is 4.79 Å². The van der Waals surface area contributed by atoms with Crippen LogP contribution in [0.15, 0.2) is 40.9 Å². The van der Waals surface area contributed by atoms with Crippen LogP contribution < -0.4 is 5.32 Å². The van der Waals surface area contributed by atoms with Crippen molar-refractivity contribution in [2.45, 2.75) is 33.6 Å². The number of nitrogens with zero attached hydrogens (tertiary/aromatic N) is 1. The van der Waals surface area contributed by atoms with E-state index in [0.29, 0.717) is 5.69 Å². The number of carbonyl (C=O) groups excluding carboxylic acids is 1. The molecule has 0 spiro atoms. The molecule has 0 atom stereocenters. The van der Waals surface area contributed by atoms with Gasteiger partial charge in [0.25, 0.3) is 0 Å². The average molecular weight is 308 g/mol. The molecule has 0 fully saturated rings. The summed E-state index contributed by atoms with van der Waals surface area (Å²) in [5, 5.41) is 8.00. The molecule has 1 amide bonds. The van der Waals surface area contributed by atoms with E-state index >= 15 is 0 Å². The van der Waals surface area contributed by atoms with E-state index in [0.717, 1.165) is 39.8 Å². The van der Waals surface area contributed by atoms with Crippen LogP contribution in [-0.4, -0.2) is 11.1 Å². The zero-order valence-electron chi connectivity index (χ0n) is 13.6. The molecule has 3 rings (SSSR count). The van der Waals surface area contributed by atoms with Gasteiger partial charge in [-0.05, 0) is 49.1 Å². The van der Waals surface area contributed by atoms with Gasteiger partial charge in [0, 0.05) is 11.1 Å². The Balaban J connectivity index is 1.83. The summed E-state index contributed by atoms with van der Waals surface area (Å²) < 4.78 is 5.38. The number of rotatable bonds is 4. The van der Waals surface area contributed by atoms with Crippen molar-refractivity contribution in [1.29, 1.82) is 0 Å². The Labute approximate surface area is 135 Å². The van der Waals surface area contributed by atoms with Gasteiger partial charge in [0.1, 0.15) is 5.69 Å². The van der Waals surface area contributed by atoms with Crippen LogP contribution in [0.1, 0.15) is 29.3 Å². The highest BCUT2D eigenvalue weighted by Gasteiger charge is 2.15. The van der Waals surface area contributed by atoms with Crippen molar-refractivity contribution in [3.63, 3.8) is 0 Å². The van der Waals surface area contributed by atoms with Crippen molar-refractivity contribution in [3.05, 3.63) is 58.8 Å². The minimum Gasteiger partial charge on any atom is -0.356 e. The Kier molecular flexibility index (Phi) is 4.15. The van der Waals surface area contributed by atoms with Crippen LogP contribution >= 0.6 is 0 Å². The largest absolute Gasteiger partial charge is 0.356 e. The molecule has 0 aliphatic rings. The smallest absolute Gasteiger partial charge is 0.230 e. The number of hydrogen-bond donors (Lipinski definition) is 1. The first-order chi connectivity index (χ1) is 11.1. The molecule has 4 nitrogen and oxygen atoms in total. The van der Waals surface area contributed by atoms with Gasteiger partial charge in [0.15, 0.2) is 5.58 Å². The summed E-state index contributed by atoms with van der Waals surface area (Å²) in [5.74, 6) is -0.0823. The molecule has 4 heteroatoms. The summed E-state index contributed by atoms with van der Waals surface area (Å²) in [6, 6.07) is 11.9. The quantitative estimate of drug-likeness (QED) is 0.786. The van der Waals surface area contributed by atoms with Crippen molar-refractivity contribution in [3.8, 4) is 0 Å². The first kappa shape index (κ1) is 15.3. The molecular formula is C19H20N2O2. The third kappa shape index (κ3) is 3.11. The second-order valence-electron chi connectivity index (χ2n) is 5.82. The highest BCUT2D eigenvalue weighted by Crippen LogP contribution is 2.25. The lowest BCUT2D eigenvalue weighted by molar-refractivity contribution is -0.115. The Morgan fingerprint density at radius 3 is 2.78 bits per heavy atom.